The Kier molecular flexibility index (Phi) is 6.06. The zero-order chi connectivity index (χ0) is 20.3. The molecule has 3 atom stereocenters. The summed E-state index contributed by atoms with van der Waals surface area (Å²) < 4.78 is 2.05. The molecule has 2 aliphatic heterocycles. The van der Waals surface area contributed by atoms with Crippen molar-refractivity contribution in [2.24, 2.45) is 11.8 Å². The molecule has 3 aliphatic rings. The van der Waals surface area contributed by atoms with Gasteiger partial charge >= 0.3 is 0 Å². The fourth-order valence-corrected chi connectivity index (χ4v) is 5.92. The second-order valence-corrected chi connectivity index (χ2v) is 9.62. The second-order valence-electron chi connectivity index (χ2n) is 8.61. The maximum Gasteiger partial charge on any atom is 0.223 e. The molecular formula is C22H30N6OS. The van der Waals surface area contributed by atoms with E-state index in [0.717, 1.165) is 64.4 Å². The van der Waals surface area contributed by atoms with Crippen LogP contribution in [-0.4, -0.2) is 75.3 Å². The molecule has 0 aromatic carbocycles. The van der Waals surface area contributed by atoms with Crippen LogP contribution in [0.2, 0.25) is 0 Å². The van der Waals surface area contributed by atoms with Crippen molar-refractivity contribution >= 4 is 17.7 Å². The summed E-state index contributed by atoms with van der Waals surface area (Å²) in [5.41, 5.74) is 1.41. The van der Waals surface area contributed by atoms with Gasteiger partial charge in [0.1, 0.15) is 5.03 Å². The number of nitrogens with one attached hydrogen (secondary N) is 1. The monoisotopic (exact) mass is 426 g/mol. The number of pyridine rings is 1. The molecule has 4 heterocycles. The average molecular weight is 427 g/mol. The van der Waals surface area contributed by atoms with E-state index in [-0.39, 0.29) is 11.8 Å². The van der Waals surface area contributed by atoms with Crippen molar-refractivity contribution < 1.29 is 4.79 Å². The van der Waals surface area contributed by atoms with Gasteiger partial charge in [0.2, 0.25) is 5.91 Å². The Bertz CT molecular complexity index is 851. The van der Waals surface area contributed by atoms with Crippen LogP contribution in [0.4, 0.5) is 0 Å². The van der Waals surface area contributed by atoms with E-state index in [1.807, 2.05) is 35.0 Å². The standard InChI is InChI=1S/C22H30N6OS/c29-21(24-5-2-7-27-8-6-23-16-27)19-13-17(19)14-26-9-11-28(12-10-26)20-15-30-22-18(20)3-1-4-25-22/h1,3-4,6,8,16-17,19-20H,2,5,7,9-15H2,(H,24,29)/t17-,19+,20?/m0/s1. The number of amides is 1. The molecule has 2 fully saturated rings. The second kappa shape index (κ2) is 9.08. The highest BCUT2D eigenvalue weighted by Gasteiger charge is 2.44. The van der Waals surface area contributed by atoms with Crippen LogP contribution in [0.5, 0.6) is 0 Å². The summed E-state index contributed by atoms with van der Waals surface area (Å²) >= 11 is 1.89. The van der Waals surface area contributed by atoms with E-state index >= 15 is 0 Å². The molecule has 8 heteroatoms. The topological polar surface area (TPSA) is 66.3 Å². The molecule has 2 aromatic rings. The van der Waals surface area contributed by atoms with Gasteiger partial charge in [-0.05, 0) is 24.8 Å². The lowest BCUT2D eigenvalue weighted by Gasteiger charge is -2.38. The maximum absolute atomic E-state index is 12.4. The molecule has 2 aromatic heterocycles. The third kappa shape index (κ3) is 4.55. The molecule has 1 N–H and O–H groups in total. The third-order valence-electron chi connectivity index (χ3n) is 6.59. The van der Waals surface area contributed by atoms with Gasteiger partial charge in [-0.15, -0.1) is 11.8 Å². The number of carbonyl (C=O) groups is 1. The number of hydrogen-bond donors (Lipinski definition) is 1. The van der Waals surface area contributed by atoms with Crippen LogP contribution in [-0.2, 0) is 11.3 Å². The molecule has 1 saturated carbocycles. The summed E-state index contributed by atoms with van der Waals surface area (Å²) in [6.45, 7) is 7.14. The fourth-order valence-electron chi connectivity index (χ4n) is 4.71. The molecule has 1 amide bonds. The van der Waals surface area contributed by atoms with Gasteiger partial charge in [-0.1, -0.05) is 6.07 Å². The number of aryl methyl sites for hydroxylation is 1. The molecule has 0 bridgehead atoms. The van der Waals surface area contributed by atoms with Crippen LogP contribution in [0.3, 0.4) is 0 Å². The highest BCUT2D eigenvalue weighted by atomic mass is 32.2. The van der Waals surface area contributed by atoms with Gasteiger partial charge in [0.25, 0.3) is 0 Å². The number of rotatable bonds is 8. The summed E-state index contributed by atoms with van der Waals surface area (Å²) in [6.07, 6.45) is 9.45. The predicted octanol–water partition coefficient (Wildman–Crippen LogP) is 1.89. The van der Waals surface area contributed by atoms with Crippen LogP contribution in [0.15, 0.2) is 42.1 Å². The van der Waals surface area contributed by atoms with Gasteiger partial charge in [0.15, 0.2) is 0 Å². The lowest BCUT2D eigenvalue weighted by atomic mass is 10.1. The van der Waals surface area contributed by atoms with Crippen molar-refractivity contribution in [2.75, 3.05) is 45.0 Å². The number of piperazine rings is 1. The van der Waals surface area contributed by atoms with Crippen molar-refractivity contribution in [3.05, 3.63) is 42.6 Å². The number of imidazole rings is 1. The number of carbonyl (C=O) groups excluding carboxylic acids is 1. The van der Waals surface area contributed by atoms with E-state index in [1.54, 1.807) is 6.20 Å². The number of aromatic nitrogens is 3. The Balaban J connectivity index is 1.00. The van der Waals surface area contributed by atoms with Crippen molar-refractivity contribution in [1.29, 1.82) is 0 Å². The first-order valence-electron chi connectivity index (χ1n) is 11.1. The van der Waals surface area contributed by atoms with E-state index in [9.17, 15) is 4.79 Å². The van der Waals surface area contributed by atoms with Gasteiger partial charge in [-0.3, -0.25) is 9.69 Å². The molecular weight excluding hydrogens is 396 g/mol. The molecule has 1 aliphatic carbocycles. The normalized spacial score (nSPS) is 26.5. The molecule has 1 saturated heterocycles. The van der Waals surface area contributed by atoms with Crippen molar-refractivity contribution in [3.8, 4) is 0 Å². The quantitative estimate of drug-likeness (QED) is 0.651. The number of thioether (sulfide) groups is 1. The lowest BCUT2D eigenvalue weighted by Crippen LogP contribution is -2.48. The molecule has 0 radical (unpaired) electrons. The first-order valence-corrected chi connectivity index (χ1v) is 12.0. The van der Waals surface area contributed by atoms with E-state index in [1.165, 1.54) is 10.6 Å². The van der Waals surface area contributed by atoms with Gasteiger partial charge in [-0.25, -0.2) is 9.97 Å². The van der Waals surface area contributed by atoms with Crippen molar-refractivity contribution in [2.45, 2.75) is 30.5 Å². The van der Waals surface area contributed by atoms with Gasteiger partial charge in [0.05, 0.1) is 6.33 Å². The van der Waals surface area contributed by atoms with Gasteiger partial charge < -0.3 is 14.8 Å². The first kappa shape index (κ1) is 20.0. The van der Waals surface area contributed by atoms with Crippen LogP contribution < -0.4 is 5.32 Å². The third-order valence-corrected chi connectivity index (χ3v) is 7.69. The predicted molar refractivity (Wildman–Crippen MR) is 117 cm³/mol. The Labute approximate surface area is 182 Å². The number of fused-ring (bicyclic) bond motifs is 1. The molecule has 5 rings (SSSR count). The van der Waals surface area contributed by atoms with Crippen LogP contribution in [0.25, 0.3) is 0 Å². The summed E-state index contributed by atoms with van der Waals surface area (Å²) in [5.74, 6) is 2.13. The Hall–Kier alpha value is -1.90. The zero-order valence-electron chi connectivity index (χ0n) is 17.3. The zero-order valence-corrected chi connectivity index (χ0v) is 18.1. The van der Waals surface area contributed by atoms with E-state index in [4.69, 9.17) is 0 Å². The lowest BCUT2D eigenvalue weighted by molar-refractivity contribution is -0.122. The SMILES string of the molecule is O=C(NCCCn1ccnc1)[C@@H]1C[C@H]1CN1CCN(C2CSc3ncccc32)CC1. The average Bonchev–Trinajstić information content (AvgIpc) is 3.16. The molecule has 1 unspecified atom stereocenters. The van der Waals surface area contributed by atoms with E-state index in [2.05, 4.69) is 37.2 Å². The smallest absolute Gasteiger partial charge is 0.223 e. The van der Waals surface area contributed by atoms with Crippen LogP contribution >= 0.6 is 11.8 Å². The van der Waals surface area contributed by atoms with Gasteiger partial charge in [-0.2, -0.15) is 0 Å². The Morgan fingerprint density at radius 1 is 1.23 bits per heavy atom. The van der Waals surface area contributed by atoms with Crippen LogP contribution in [0, 0.1) is 11.8 Å². The molecule has 7 nitrogen and oxygen atoms in total. The maximum atomic E-state index is 12.4. The molecule has 0 spiro atoms. The fraction of sp³-hybridized carbons (Fsp3) is 0.591. The first-order chi connectivity index (χ1) is 14.8. The molecule has 30 heavy (non-hydrogen) atoms. The summed E-state index contributed by atoms with van der Waals surface area (Å²) in [4.78, 5) is 26.1. The Morgan fingerprint density at radius 2 is 2.13 bits per heavy atom. The van der Waals surface area contributed by atoms with Gasteiger partial charge in [0, 0.05) is 87.7 Å². The summed E-state index contributed by atoms with van der Waals surface area (Å²) in [6, 6.07) is 4.81. The Morgan fingerprint density at radius 3 is 2.97 bits per heavy atom. The minimum atomic E-state index is 0.223. The van der Waals surface area contributed by atoms with E-state index in [0.29, 0.717) is 12.0 Å². The van der Waals surface area contributed by atoms with Crippen molar-refractivity contribution in [3.63, 3.8) is 0 Å². The highest BCUT2D eigenvalue weighted by molar-refractivity contribution is 7.99. The largest absolute Gasteiger partial charge is 0.356 e. The van der Waals surface area contributed by atoms with Crippen LogP contribution in [0.1, 0.15) is 24.4 Å². The summed E-state index contributed by atoms with van der Waals surface area (Å²) in [7, 11) is 0. The minimum absolute atomic E-state index is 0.223. The van der Waals surface area contributed by atoms with E-state index < -0.39 is 0 Å². The number of hydrogen-bond acceptors (Lipinski definition) is 6. The molecule has 160 valence electrons. The summed E-state index contributed by atoms with van der Waals surface area (Å²) in [5, 5.41) is 4.33. The minimum Gasteiger partial charge on any atom is -0.356 e. The highest BCUT2D eigenvalue weighted by Crippen LogP contribution is 2.41. The number of nitrogens with zero attached hydrogens (tertiary/aromatic N) is 5. The van der Waals surface area contributed by atoms with Crippen molar-refractivity contribution in [1.82, 2.24) is 29.7 Å².